The Labute approximate surface area is 265 Å². The lowest BCUT2D eigenvalue weighted by Crippen LogP contribution is -2.33. The maximum absolute atomic E-state index is 14.0. The summed E-state index contributed by atoms with van der Waals surface area (Å²) in [6, 6.07) is 26.8. The molecule has 8 nitrogen and oxygen atoms in total. The molecular formula is C37H42N6O2. The summed E-state index contributed by atoms with van der Waals surface area (Å²) in [7, 11) is 0. The summed E-state index contributed by atoms with van der Waals surface area (Å²) < 4.78 is 1.75. The maximum Gasteiger partial charge on any atom is 0.324 e. The number of ketones is 1. The van der Waals surface area contributed by atoms with E-state index in [1.807, 2.05) is 92.7 Å². The van der Waals surface area contributed by atoms with E-state index in [2.05, 4.69) is 42.8 Å². The van der Waals surface area contributed by atoms with E-state index in [9.17, 15) is 14.9 Å². The van der Waals surface area contributed by atoms with Gasteiger partial charge in [0.05, 0.1) is 29.3 Å². The van der Waals surface area contributed by atoms with Crippen LogP contribution in [0.3, 0.4) is 0 Å². The number of urea groups is 1. The van der Waals surface area contributed by atoms with Gasteiger partial charge in [-0.25, -0.2) is 9.48 Å². The second-order valence-corrected chi connectivity index (χ2v) is 13.0. The van der Waals surface area contributed by atoms with Gasteiger partial charge in [-0.1, -0.05) is 68.8 Å². The van der Waals surface area contributed by atoms with Gasteiger partial charge in [0.25, 0.3) is 0 Å². The van der Waals surface area contributed by atoms with Crippen molar-refractivity contribution in [3.8, 4) is 11.8 Å². The molecule has 0 spiro atoms. The largest absolute Gasteiger partial charge is 0.324 e. The van der Waals surface area contributed by atoms with E-state index in [0.717, 1.165) is 54.0 Å². The Morgan fingerprint density at radius 3 is 2.29 bits per heavy atom. The highest BCUT2D eigenvalue weighted by molar-refractivity contribution is 6.02. The lowest BCUT2D eigenvalue weighted by atomic mass is 9.76. The number of rotatable bonds is 8. The second kappa shape index (κ2) is 13.5. The molecule has 2 atom stereocenters. The number of amides is 2. The van der Waals surface area contributed by atoms with Crippen LogP contribution in [-0.4, -0.2) is 34.7 Å². The third-order valence-electron chi connectivity index (χ3n) is 8.53. The molecule has 0 radical (unpaired) electrons. The lowest BCUT2D eigenvalue weighted by Gasteiger charge is -2.30. The summed E-state index contributed by atoms with van der Waals surface area (Å²) in [5, 5.41) is 23.5. The van der Waals surface area contributed by atoms with E-state index in [4.69, 9.17) is 5.10 Å². The monoisotopic (exact) mass is 602 g/mol. The van der Waals surface area contributed by atoms with Crippen molar-refractivity contribution in [1.29, 1.82) is 5.26 Å². The predicted molar refractivity (Wildman–Crippen MR) is 179 cm³/mol. The van der Waals surface area contributed by atoms with Crippen LogP contribution in [0.1, 0.15) is 85.1 Å². The van der Waals surface area contributed by atoms with E-state index in [0.29, 0.717) is 17.1 Å². The van der Waals surface area contributed by atoms with Gasteiger partial charge in [0.1, 0.15) is 5.82 Å². The molecule has 4 aromatic rings. The van der Waals surface area contributed by atoms with Crippen LogP contribution in [0.25, 0.3) is 5.69 Å². The molecular weight excluding hydrogens is 560 g/mol. The van der Waals surface area contributed by atoms with Crippen LogP contribution < -0.4 is 16.0 Å². The molecule has 8 heteroatoms. The van der Waals surface area contributed by atoms with Gasteiger partial charge in [-0.2, -0.15) is 10.4 Å². The zero-order chi connectivity index (χ0) is 32.1. The summed E-state index contributed by atoms with van der Waals surface area (Å²) >= 11 is 0. The van der Waals surface area contributed by atoms with Crippen molar-refractivity contribution >= 4 is 23.3 Å². The number of nitriles is 1. The number of Topliss-reactive ketones (excluding diaryl/α,β-unsaturated/α-hetero) is 1. The smallest absolute Gasteiger partial charge is 0.317 e. The fourth-order valence-electron chi connectivity index (χ4n) is 5.80. The van der Waals surface area contributed by atoms with Crippen molar-refractivity contribution < 1.29 is 9.59 Å². The Morgan fingerprint density at radius 2 is 1.64 bits per heavy atom. The predicted octanol–water partition coefficient (Wildman–Crippen LogP) is 7.72. The second-order valence-electron chi connectivity index (χ2n) is 13.0. The quantitative estimate of drug-likeness (QED) is 0.179. The van der Waals surface area contributed by atoms with Crippen LogP contribution in [0.2, 0.25) is 0 Å². The molecule has 1 saturated heterocycles. The molecule has 1 aromatic heterocycles. The summed E-state index contributed by atoms with van der Waals surface area (Å²) in [6.07, 6.45) is 1.80. The number of anilines is 2. The molecule has 1 fully saturated rings. The molecule has 1 unspecified atom stereocenters. The Balaban J connectivity index is 1.36. The van der Waals surface area contributed by atoms with Crippen LogP contribution in [0.4, 0.5) is 16.3 Å². The van der Waals surface area contributed by atoms with Crippen molar-refractivity contribution in [2.45, 2.75) is 64.7 Å². The third kappa shape index (κ3) is 7.50. The standard InChI is InChI=1S/C37H42N6O2/c1-24-9-15-31(16-10-24)43-33(22-32(42-43)37(3,4)5)41-36(45)40-30-13-11-26(12-14-30)34(27-17-19-39-20-18-27)35(44)29-8-6-7-28(21-29)25(2)23-38/h6-16,21-22,25,27,34,39H,17-20H2,1-5H3,(H2,40,41,45)/t25-,34?/m1/s1. The first kappa shape index (κ1) is 31.7. The summed E-state index contributed by atoms with van der Waals surface area (Å²) in [6.45, 7) is 11.9. The first-order valence-corrected chi connectivity index (χ1v) is 15.6. The molecule has 45 heavy (non-hydrogen) atoms. The highest BCUT2D eigenvalue weighted by Crippen LogP contribution is 2.35. The number of benzene rings is 3. The SMILES string of the molecule is Cc1ccc(-n2nc(C(C)(C)C)cc2NC(=O)Nc2ccc(C(C(=O)c3cccc([C@H](C)C#N)c3)C3CCNCC3)cc2)cc1. The molecule has 2 heterocycles. The van der Waals surface area contributed by atoms with Gasteiger partial charge in [-0.3, -0.25) is 10.1 Å². The first-order chi connectivity index (χ1) is 21.5. The highest BCUT2D eigenvalue weighted by Gasteiger charge is 2.32. The number of aromatic nitrogens is 2. The molecule has 0 bridgehead atoms. The minimum Gasteiger partial charge on any atom is -0.317 e. The lowest BCUT2D eigenvalue weighted by molar-refractivity contribution is 0.0916. The van der Waals surface area contributed by atoms with Gasteiger partial charge < -0.3 is 10.6 Å². The van der Waals surface area contributed by atoms with Crippen molar-refractivity contribution in [3.05, 3.63) is 107 Å². The number of carbonyl (C=O) groups excluding carboxylic acids is 2. The minimum atomic E-state index is -0.383. The number of nitrogens with one attached hydrogen (secondary N) is 3. The summed E-state index contributed by atoms with van der Waals surface area (Å²) in [5.74, 6) is 0.218. The van der Waals surface area contributed by atoms with Crippen LogP contribution in [-0.2, 0) is 5.41 Å². The van der Waals surface area contributed by atoms with Gasteiger partial charge in [0.2, 0.25) is 0 Å². The Hall–Kier alpha value is -4.74. The molecule has 2 amide bonds. The molecule has 3 N–H and O–H groups in total. The highest BCUT2D eigenvalue weighted by atomic mass is 16.2. The Bertz CT molecular complexity index is 1690. The molecule has 0 aliphatic carbocycles. The Morgan fingerprint density at radius 1 is 0.956 bits per heavy atom. The zero-order valence-corrected chi connectivity index (χ0v) is 26.7. The van der Waals surface area contributed by atoms with Crippen molar-refractivity contribution in [1.82, 2.24) is 15.1 Å². The van der Waals surface area contributed by atoms with E-state index in [1.54, 1.807) is 4.68 Å². The fraction of sp³-hybridized carbons (Fsp3) is 0.351. The average molecular weight is 603 g/mol. The summed E-state index contributed by atoms with van der Waals surface area (Å²) in [5.41, 5.74) is 5.68. The van der Waals surface area contributed by atoms with Gasteiger partial charge in [0, 0.05) is 22.7 Å². The normalized spacial score (nSPS) is 15.1. The molecule has 232 valence electrons. The van der Waals surface area contributed by atoms with E-state index < -0.39 is 0 Å². The maximum atomic E-state index is 14.0. The van der Waals surface area contributed by atoms with Crippen molar-refractivity contribution in [2.75, 3.05) is 23.7 Å². The van der Waals surface area contributed by atoms with Crippen LogP contribution in [0, 0.1) is 24.2 Å². The minimum absolute atomic E-state index is 0.0614. The van der Waals surface area contributed by atoms with Crippen LogP contribution >= 0.6 is 0 Å². The fourth-order valence-corrected chi connectivity index (χ4v) is 5.80. The number of hydrogen-bond acceptors (Lipinski definition) is 5. The Kier molecular flexibility index (Phi) is 9.50. The topological polar surface area (TPSA) is 112 Å². The third-order valence-corrected chi connectivity index (χ3v) is 8.53. The average Bonchev–Trinajstić information content (AvgIpc) is 3.46. The number of hydrogen-bond donors (Lipinski definition) is 3. The molecule has 3 aromatic carbocycles. The van der Waals surface area contributed by atoms with E-state index >= 15 is 0 Å². The van der Waals surface area contributed by atoms with Crippen LogP contribution in [0.5, 0.6) is 0 Å². The number of nitrogens with zero attached hydrogens (tertiary/aromatic N) is 3. The van der Waals surface area contributed by atoms with Crippen LogP contribution in [0.15, 0.2) is 78.9 Å². The summed E-state index contributed by atoms with van der Waals surface area (Å²) in [4.78, 5) is 27.2. The van der Waals surface area contributed by atoms with Gasteiger partial charge in [0.15, 0.2) is 5.78 Å². The number of carbonyl (C=O) groups is 2. The van der Waals surface area contributed by atoms with Crippen molar-refractivity contribution in [3.63, 3.8) is 0 Å². The number of piperidine rings is 1. The first-order valence-electron chi connectivity index (χ1n) is 15.6. The van der Waals surface area contributed by atoms with E-state index in [-0.39, 0.29) is 35.0 Å². The molecule has 5 rings (SSSR count). The van der Waals surface area contributed by atoms with Crippen molar-refractivity contribution in [2.24, 2.45) is 5.92 Å². The molecule has 1 aliphatic heterocycles. The van der Waals surface area contributed by atoms with Gasteiger partial charge >= 0.3 is 6.03 Å². The molecule has 0 saturated carbocycles. The zero-order valence-electron chi connectivity index (χ0n) is 26.7. The van der Waals surface area contributed by atoms with Gasteiger partial charge in [-0.05, 0) is 87.2 Å². The molecule has 1 aliphatic rings. The number of aryl methyl sites for hydroxylation is 1. The van der Waals surface area contributed by atoms with Gasteiger partial charge in [-0.15, -0.1) is 0 Å². The van der Waals surface area contributed by atoms with E-state index in [1.165, 1.54) is 0 Å².